The zero-order chi connectivity index (χ0) is 26.1. The molecule has 0 unspecified atom stereocenters. The molecular formula is C27H18Br2ClF2LiN4O2. The Labute approximate surface area is 258 Å². The second kappa shape index (κ2) is 13.2. The maximum atomic E-state index is 13.7. The molecule has 0 amide bonds. The van der Waals surface area contributed by atoms with Crippen LogP contribution < -0.4 is 36.0 Å². The van der Waals surface area contributed by atoms with E-state index in [4.69, 9.17) is 4.74 Å². The molecule has 4 aromatic rings. The number of benzene rings is 2. The van der Waals surface area contributed by atoms with Crippen molar-refractivity contribution >= 4 is 54.7 Å². The van der Waals surface area contributed by atoms with Gasteiger partial charge in [-0.25, -0.2) is 28.7 Å². The van der Waals surface area contributed by atoms with Crippen molar-refractivity contribution in [2.75, 3.05) is 7.11 Å². The number of fused-ring (bicyclic) bond motifs is 2. The van der Waals surface area contributed by atoms with E-state index in [-0.39, 0.29) is 48.7 Å². The summed E-state index contributed by atoms with van der Waals surface area (Å²) in [6.07, 6.45) is 1.04. The van der Waals surface area contributed by atoms with Crippen molar-refractivity contribution in [3.63, 3.8) is 0 Å². The summed E-state index contributed by atoms with van der Waals surface area (Å²) in [4.78, 5) is 17.1. The molecule has 12 heteroatoms. The van der Waals surface area contributed by atoms with Gasteiger partial charge < -0.3 is 22.3 Å². The minimum atomic E-state index is -0.350. The largest absolute Gasteiger partial charge is 1.00 e. The van der Waals surface area contributed by atoms with Crippen LogP contribution in [0.4, 0.5) is 20.2 Å². The maximum Gasteiger partial charge on any atom is 1.00 e. The number of nitrogens with zero attached hydrogens (tertiary/aromatic N) is 4. The third-order valence-corrected chi connectivity index (χ3v) is 6.66. The number of rotatable bonds is 3. The van der Waals surface area contributed by atoms with Gasteiger partial charge >= 0.3 is 18.9 Å². The number of aromatic hydroxyl groups is 1. The zero-order valence-electron chi connectivity index (χ0n) is 20.7. The predicted molar refractivity (Wildman–Crippen MR) is 145 cm³/mol. The Morgan fingerprint density at radius 2 is 1.23 bits per heavy atom. The van der Waals surface area contributed by atoms with Crippen LogP contribution in [0.2, 0.25) is 0 Å². The third-order valence-electron chi connectivity index (χ3n) is 5.78. The van der Waals surface area contributed by atoms with Gasteiger partial charge in [-0.05, 0) is 79.4 Å². The van der Waals surface area contributed by atoms with E-state index in [1.807, 2.05) is 18.2 Å². The Kier molecular flexibility index (Phi) is 10.4. The SMILES string of the molecule is COc1ccc(Br)nc1C1=Nc2c(F)cccc2C1.Oc1ccc(Br)nc1C1=Nc2c(F)cccc2C1.[Cl-].[Li+]. The Morgan fingerprint density at radius 3 is 1.74 bits per heavy atom. The number of pyridine rings is 2. The second-order valence-corrected chi connectivity index (χ2v) is 9.78. The van der Waals surface area contributed by atoms with Gasteiger partial charge in [0.2, 0.25) is 0 Å². The molecule has 0 spiro atoms. The molecule has 39 heavy (non-hydrogen) atoms. The van der Waals surface area contributed by atoms with Gasteiger partial charge in [-0.15, -0.1) is 0 Å². The topological polar surface area (TPSA) is 80.0 Å². The summed E-state index contributed by atoms with van der Waals surface area (Å²) in [5.41, 5.74) is 4.76. The van der Waals surface area contributed by atoms with E-state index in [0.717, 1.165) is 16.8 Å². The van der Waals surface area contributed by atoms with Gasteiger partial charge in [0, 0.05) is 12.8 Å². The smallest absolute Gasteiger partial charge is 1.00 e. The molecule has 0 saturated heterocycles. The molecule has 0 atom stereocenters. The zero-order valence-corrected chi connectivity index (χ0v) is 24.6. The Bertz CT molecular complexity index is 1600. The van der Waals surface area contributed by atoms with Crippen LogP contribution >= 0.6 is 31.9 Å². The molecule has 6 rings (SSSR count). The monoisotopic (exact) mass is 668 g/mol. The average molecular weight is 671 g/mol. The van der Waals surface area contributed by atoms with Crippen LogP contribution in [0.1, 0.15) is 22.5 Å². The molecule has 2 aliphatic heterocycles. The van der Waals surface area contributed by atoms with E-state index in [1.165, 1.54) is 18.2 Å². The van der Waals surface area contributed by atoms with Gasteiger partial charge in [-0.1, -0.05) is 24.3 Å². The molecule has 0 fully saturated rings. The van der Waals surface area contributed by atoms with Crippen LogP contribution in [0.15, 0.2) is 79.9 Å². The minimum absolute atomic E-state index is 0. The number of hydrogen-bond acceptors (Lipinski definition) is 6. The minimum Gasteiger partial charge on any atom is -1.00 e. The Hall–Kier alpha value is -2.61. The molecule has 2 aromatic carbocycles. The Morgan fingerprint density at radius 1 is 0.744 bits per heavy atom. The molecule has 0 saturated carbocycles. The number of methoxy groups -OCH3 is 1. The third kappa shape index (κ3) is 6.59. The van der Waals surface area contributed by atoms with Crippen molar-refractivity contribution in [1.82, 2.24) is 9.97 Å². The van der Waals surface area contributed by atoms with Crippen LogP contribution in [-0.2, 0) is 12.8 Å². The quantitative estimate of drug-likeness (QED) is 0.261. The number of hydrogen-bond donors (Lipinski definition) is 1. The molecule has 1 N–H and O–H groups in total. The Balaban J connectivity index is 0.000000205. The molecule has 0 bridgehead atoms. The van der Waals surface area contributed by atoms with Crippen LogP contribution in [-0.4, -0.2) is 33.6 Å². The first-order valence-electron chi connectivity index (χ1n) is 11.1. The second-order valence-electron chi connectivity index (χ2n) is 8.15. The normalized spacial score (nSPS) is 12.5. The first kappa shape index (κ1) is 30.9. The molecule has 6 nitrogen and oxygen atoms in total. The first-order chi connectivity index (χ1) is 17.8. The van der Waals surface area contributed by atoms with Crippen LogP contribution in [0.5, 0.6) is 11.5 Å². The van der Waals surface area contributed by atoms with Crippen molar-refractivity contribution in [1.29, 1.82) is 0 Å². The molecule has 0 radical (unpaired) electrons. The van der Waals surface area contributed by atoms with E-state index in [2.05, 4.69) is 51.8 Å². The first-order valence-corrected chi connectivity index (χ1v) is 12.7. The summed E-state index contributed by atoms with van der Waals surface area (Å²) >= 11 is 6.57. The molecule has 4 heterocycles. The van der Waals surface area contributed by atoms with Crippen molar-refractivity contribution in [2.24, 2.45) is 9.98 Å². The van der Waals surface area contributed by atoms with E-state index >= 15 is 0 Å². The van der Waals surface area contributed by atoms with Crippen LogP contribution in [0.25, 0.3) is 0 Å². The summed E-state index contributed by atoms with van der Waals surface area (Å²) in [6, 6.07) is 16.6. The van der Waals surface area contributed by atoms with Gasteiger partial charge in [0.1, 0.15) is 55.1 Å². The average Bonchev–Trinajstić information content (AvgIpc) is 3.52. The van der Waals surface area contributed by atoms with Gasteiger partial charge in [0.05, 0.1) is 18.5 Å². The number of para-hydroxylation sites is 2. The standard InChI is InChI=1S/C14H10BrFN2O.C13H8BrFN2O.ClH.Li/c1-19-11-5-6-12(15)18-14(11)10-7-8-3-2-4-9(16)13(8)17-10;14-11-5-4-10(18)13(17-11)9-6-7-2-1-3-8(15)12(7)16-9;;/h2-6H,7H2,1H3;1-5,18H,6H2;1H;/q;;;+1/p-1. The fraction of sp³-hybridized carbons (Fsp3) is 0.111. The van der Waals surface area contributed by atoms with Crippen molar-refractivity contribution in [3.8, 4) is 11.5 Å². The summed E-state index contributed by atoms with van der Waals surface area (Å²) in [6.45, 7) is 0. The van der Waals surface area contributed by atoms with Crippen molar-refractivity contribution in [3.05, 3.63) is 104 Å². The van der Waals surface area contributed by atoms with Gasteiger partial charge in [0.25, 0.3) is 0 Å². The van der Waals surface area contributed by atoms with E-state index < -0.39 is 0 Å². The van der Waals surface area contributed by atoms with E-state index in [9.17, 15) is 13.9 Å². The molecule has 0 aliphatic carbocycles. The molecule has 2 aliphatic rings. The summed E-state index contributed by atoms with van der Waals surface area (Å²) in [5, 5.41) is 9.79. The molecular weight excluding hydrogens is 653 g/mol. The summed E-state index contributed by atoms with van der Waals surface area (Å²) in [5.74, 6) is 0.0266. The molecule has 2 aromatic heterocycles. The van der Waals surface area contributed by atoms with E-state index in [1.54, 1.807) is 31.4 Å². The van der Waals surface area contributed by atoms with E-state index in [0.29, 0.717) is 56.3 Å². The fourth-order valence-electron chi connectivity index (χ4n) is 4.07. The van der Waals surface area contributed by atoms with Crippen LogP contribution in [0.3, 0.4) is 0 Å². The maximum absolute atomic E-state index is 13.7. The number of halogens is 5. The number of aromatic nitrogens is 2. The van der Waals surface area contributed by atoms with Gasteiger partial charge in [-0.2, -0.15) is 0 Å². The predicted octanol–water partition coefficient (Wildman–Crippen LogP) is 1.04. The number of ether oxygens (including phenoxy) is 1. The van der Waals surface area contributed by atoms with Crippen LogP contribution in [0, 0.1) is 11.6 Å². The number of aliphatic imine (C=N–C) groups is 2. The van der Waals surface area contributed by atoms with Crippen molar-refractivity contribution < 1.29 is 49.9 Å². The molecule has 194 valence electrons. The van der Waals surface area contributed by atoms with Gasteiger partial charge in [0.15, 0.2) is 0 Å². The fourth-order valence-corrected chi connectivity index (χ4v) is 4.69. The van der Waals surface area contributed by atoms with Crippen molar-refractivity contribution in [2.45, 2.75) is 12.8 Å². The summed E-state index contributed by atoms with van der Waals surface area (Å²) < 4.78 is 33.8. The van der Waals surface area contributed by atoms with Gasteiger partial charge in [-0.3, -0.25) is 0 Å². The summed E-state index contributed by atoms with van der Waals surface area (Å²) in [7, 11) is 1.58.